The van der Waals surface area contributed by atoms with Crippen molar-refractivity contribution in [2.75, 3.05) is 40.1 Å². The zero-order valence-corrected chi connectivity index (χ0v) is 12.3. The summed E-state index contributed by atoms with van der Waals surface area (Å²) in [6, 6.07) is 0. The molecule has 0 aromatic heterocycles. The van der Waals surface area contributed by atoms with Crippen LogP contribution in [0.25, 0.3) is 0 Å². The van der Waals surface area contributed by atoms with Crippen LogP contribution in [0.15, 0.2) is 0 Å². The number of aliphatic hydroxyl groups excluding tert-OH is 4. The summed E-state index contributed by atoms with van der Waals surface area (Å²) in [6.45, 7) is 3.04. The molecule has 2 atom stereocenters. The number of hydrogen-bond donors (Lipinski definition) is 4. The molecule has 0 spiro atoms. The van der Waals surface area contributed by atoms with Gasteiger partial charge < -0.3 is 34.6 Å². The van der Waals surface area contributed by atoms with Gasteiger partial charge in [-0.15, -0.1) is 0 Å². The van der Waals surface area contributed by atoms with Crippen LogP contribution in [0.4, 0.5) is 0 Å². The van der Waals surface area contributed by atoms with Crippen molar-refractivity contribution >= 4 is 0 Å². The van der Waals surface area contributed by atoms with Crippen molar-refractivity contribution in [2.24, 2.45) is 5.41 Å². The summed E-state index contributed by atoms with van der Waals surface area (Å²) < 4.78 is 15.3. The standard InChI is InChI=1S/C6H10O3.C6H14O3.CH4O/c1-3-7-5(1)9-6-2-4-8-6;1-2-6(3-7,4-8)5-9;1-2/h5-6H,1-4H2;7-9H,2-5H2,1H3;2H,1H3. The second-order valence-corrected chi connectivity index (χ2v) is 4.64. The predicted molar refractivity (Wildman–Crippen MR) is 71.9 cm³/mol. The Morgan fingerprint density at radius 2 is 1.30 bits per heavy atom. The molecule has 2 aliphatic heterocycles. The minimum Gasteiger partial charge on any atom is -0.400 e. The van der Waals surface area contributed by atoms with E-state index >= 15 is 0 Å². The Morgan fingerprint density at radius 3 is 1.40 bits per heavy atom. The van der Waals surface area contributed by atoms with Crippen LogP contribution in [-0.4, -0.2) is 73.2 Å². The van der Waals surface area contributed by atoms with E-state index in [-0.39, 0.29) is 32.4 Å². The van der Waals surface area contributed by atoms with Gasteiger partial charge in [0.1, 0.15) is 0 Å². The minimum absolute atomic E-state index is 0.0373. The second-order valence-electron chi connectivity index (χ2n) is 4.64. The fourth-order valence-corrected chi connectivity index (χ4v) is 1.30. The molecule has 0 amide bonds. The van der Waals surface area contributed by atoms with Crippen molar-refractivity contribution in [3.8, 4) is 0 Å². The van der Waals surface area contributed by atoms with E-state index in [1.54, 1.807) is 0 Å². The van der Waals surface area contributed by atoms with Crippen molar-refractivity contribution in [1.29, 1.82) is 0 Å². The molecular weight excluding hydrogens is 268 g/mol. The quantitative estimate of drug-likeness (QED) is 0.521. The molecule has 7 nitrogen and oxygen atoms in total. The molecule has 2 saturated heterocycles. The maximum Gasteiger partial charge on any atom is 0.162 e. The van der Waals surface area contributed by atoms with E-state index in [4.69, 9.17) is 34.6 Å². The lowest BCUT2D eigenvalue weighted by Gasteiger charge is -2.34. The SMILES string of the molecule is C1CC(OC2CCO2)O1.CCC(CO)(CO)CO.CO. The summed E-state index contributed by atoms with van der Waals surface area (Å²) in [4.78, 5) is 0. The highest BCUT2D eigenvalue weighted by atomic mass is 16.8. The lowest BCUT2D eigenvalue weighted by atomic mass is 9.88. The summed E-state index contributed by atoms with van der Waals surface area (Å²) in [5, 5.41) is 33.0. The first-order valence-corrected chi connectivity index (χ1v) is 6.85. The smallest absolute Gasteiger partial charge is 0.162 e. The van der Waals surface area contributed by atoms with Crippen LogP contribution in [0.3, 0.4) is 0 Å². The fraction of sp³-hybridized carbons (Fsp3) is 1.00. The molecule has 0 aliphatic carbocycles. The Morgan fingerprint density at radius 1 is 0.950 bits per heavy atom. The predicted octanol–water partition coefficient (Wildman–Crippen LogP) is -0.536. The van der Waals surface area contributed by atoms with Gasteiger partial charge in [0.05, 0.1) is 33.0 Å². The van der Waals surface area contributed by atoms with Crippen molar-refractivity contribution in [2.45, 2.75) is 38.8 Å². The minimum atomic E-state index is -0.667. The number of hydrogen-bond acceptors (Lipinski definition) is 7. The van der Waals surface area contributed by atoms with E-state index in [1.165, 1.54) is 0 Å². The Balaban J connectivity index is 0.000000321. The average Bonchev–Trinajstić information content (AvgIpc) is 2.42. The van der Waals surface area contributed by atoms with Crippen LogP contribution in [0, 0.1) is 5.41 Å². The van der Waals surface area contributed by atoms with Gasteiger partial charge in [0.25, 0.3) is 0 Å². The highest BCUT2D eigenvalue weighted by Crippen LogP contribution is 2.20. The van der Waals surface area contributed by atoms with E-state index in [0.29, 0.717) is 6.42 Å². The zero-order valence-electron chi connectivity index (χ0n) is 12.3. The van der Waals surface area contributed by atoms with Crippen LogP contribution in [-0.2, 0) is 14.2 Å². The maximum absolute atomic E-state index is 8.66. The van der Waals surface area contributed by atoms with Gasteiger partial charge in [0.15, 0.2) is 12.6 Å². The third-order valence-corrected chi connectivity index (χ3v) is 3.37. The highest BCUT2D eigenvalue weighted by Gasteiger charge is 2.27. The van der Waals surface area contributed by atoms with Gasteiger partial charge in [0, 0.05) is 25.4 Å². The third kappa shape index (κ3) is 6.45. The molecule has 0 radical (unpaired) electrons. The van der Waals surface area contributed by atoms with Crippen LogP contribution in [0.5, 0.6) is 0 Å². The Bertz CT molecular complexity index is 183. The van der Waals surface area contributed by atoms with Gasteiger partial charge in [-0.25, -0.2) is 0 Å². The molecule has 2 unspecified atom stereocenters. The number of ether oxygens (including phenoxy) is 3. The first-order valence-electron chi connectivity index (χ1n) is 6.85. The normalized spacial score (nSPS) is 24.3. The van der Waals surface area contributed by atoms with Gasteiger partial charge >= 0.3 is 0 Å². The fourth-order valence-electron chi connectivity index (χ4n) is 1.30. The number of aliphatic hydroxyl groups is 4. The lowest BCUT2D eigenvalue weighted by molar-refractivity contribution is -0.320. The summed E-state index contributed by atoms with van der Waals surface area (Å²) in [6.07, 6.45) is 2.72. The molecule has 2 fully saturated rings. The van der Waals surface area contributed by atoms with E-state index in [1.807, 2.05) is 6.92 Å². The molecule has 4 N–H and O–H groups in total. The van der Waals surface area contributed by atoms with Crippen LogP contribution >= 0.6 is 0 Å². The molecule has 2 heterocycles. The van der Waals surface area contributed by atoms with Crippen molar-refractivity contribution in [3.63, 3.8) is 0 Å². The van der Waals surface area contributed by atoms with E-state index in [9.17, 15) is 0 Å². The molecule has 0 aromatic carbocycles. The molecule has 7 heteroatoms. The maximum atomic E-state index is 8.66. The van der Waals surface area contributed by atoms with Gasteiger partial charge in [-0.05, 0) is 6.42 Å². The Kier molecular flexibility index (Phi) is 11.2. The second kappa shape index (κ2) is 11.4. The Labute approximate surface area is 120 Å². The third-order valence-electron chi connectivity index (χ3n) is 3.37. The average molecular weight is 296 g/mol. The van der Waals surface area contributed by atoms with E-state index < -0.39 is 5.41 Å². The monoisotopic (exact) mass is 296 g/mol. The molecule has 2 aliphatic rings. The molecule has 0 saturated carbocycles. The van der Waals surface area contributed by atoms with Gasteiger partial charge in [-0.1, -0.05) is 6.92 Å². The van der Waals surface area contributed by atoms with Crippen LogP contribution in [0.1, 0.15) is 26.2 Å². The number of rotatable bonds is 6. The molecule has 2 rings (SSSR count). The van der Waals surface area contributed by atoms with E-state index in [2.05, 4.69) is 0 Å². The summed E-state index contributed by atoms with van der Waals surface area (Å²) in [5.74, 6) is 0. The van der Waals surface area contributed by atoms with E-state index in [0.717, 1.165) is 33.2 Å². The van der Waals surface area contributed by atoms with Gasteiger partial charge in [0.2, 0.25) is 0 Å². The zero-order chi connectivity index (χ0) is 15.4. The van der Waals surface area contributed by atoms with Crippen molar-refractivity contribution in [1.82, 2.24) is 0 Å². The summed E-state index contributed by atoms with van der Waals surface area (Å²) >= 11 is 0. The van der Waals surface area contributed by atoms with Crippen LogP contribution < -0.4 is 0 Å². The largest absolute Gasteiger partial charge is 0.400 e. The van der Waals surface area contributed by atoms with Gasteiger partial charge in [-0.2, -0.15) is 0 Å². The lowest BCUT2D eigenvalue weighted by Crippen LogP contribution is -2.39. The molecule has 20 heavy (non-hydrogen) atoms. The van der Waals surface area contributed by atoms with Crippen molar-refractivity contribution < 1.29 is 34.6 Å². The summed E-state index contributed by atoms with van der Waals surface area (Å²) in [7, 11) is 1.00. The molecule has 0 aromatic rings. The van der Waals surface area contributed by atoms with Gasteiger partial charge in [-0.3, -0.25) is 0 Å². The first-order chi connectivity index (χ1) is 9.69. The molecule has 0 bridgehead atoms. The van der Waals surface area contributed by atoms with Crippen LogP contribution in [0.2, 0.25) is 0 Å². The topological polar surface area (TPSA) is 109 Å². The highest BCUT2D eigenvalue weighted by molar-refractivity contribution is 4.74. The summed E-state index contributed by atoms with van der Waals surface area (Å²) in [5.41, 5.74) is -0.667. The first kappa shape index (κ1) is 19.7. The Hall–Kier alpha value is -0.280. The molecular formula is C13H28O7. The van der Waals surface area contributed by atoms with Crippen molar-refractivity contribution in [3.05, 3.63) is 0 Å². The molecule has 122 valence electrons.